The van der Waals surface area contributed by atoms with Gasteiger partial charge in [-0.15, -0.1) is 12.3 Å². The topological polar surface area (TPSA) is 29.9 Å². The third kappa shape index (κ3) is 3.63. The summed E-state index contributed by atoms with van der Waals surface area (Å²) in [7, 11) is 0. The first kappa shape index (κ1) is 10.8. The Labute approximate surface area is 85.5 Å². The Morgan fingerprint density at radius 1 is 1.64 bits per heavy atom. The maximum absolute atomic E-state index is 5.18. The summed E-state index contributed by atoms with van der Waals surface area (Å²) >= 11 is 0. The van der Waals surface area contributed by atoms with Crippen molar-refractivity contribution in [3.8, 4) is 12.3 Å². The minimum Gasteiger partial charge on any atom is -0.311 e. The van der Waals surface area contributed by atoms with Crippen molar-refractivity contribution in [3.05, 3.63) is 18.0 Å². The molecular weight excluding hydrogens is 174 g/mol. The standard InChI is InChI=1S/C11H17N3/c1-3-5-8-14-9-6-11(13-14)10-12-7-4-2/h1,6,9,12H,4-5,7-8,10H2,2H3. The van der Waals surface area contributed by atoms with Crippen LogP contribution in [0.4, 0.5) is 0 Å². The van der Waals surface area contributed by atoms with Crippen LogP contribution in [0.1, 0.15) is 25.5 Å². The van der Waals surface area contributed by atoms with Crippen LogP contribution in [0.5, 0.6) is 0 Å². The summed E-state index contributed by atoms with van der Waals surface area (Å²) < 4.78 is 1.89. The fourth-order valence-electron chi connectivity index (χ4n) is 1.19. The highest BCUT2D eigenvalue weighted by Crippen LogP contribution is 1.96. The van der Waals surface area contributed by atoms with E-state index >= 15 is 0 Å². The Morgan fingerprint density at radius 2 is 2.50 bits per heavy atom. The van der Waals surface area contributed by atoms with Gasteiger partial charge in [-0.25, -0.2) is 0 Å². The third-order valence-electron chi connectivity index (χ3n) is 1.91. The van der Waals surface area contributed by atoms with Crippen molar-refractivity contribution in [3.63, 3.8) is 0 Å². The van der Waals surface area contributed by atoms with E-state index in [9.17, 15) is 0 Å². The van der Waals surface area contributed by atoms with Gasteiger partial charge in [-0.3, -0.25) is 4.68 Å². The van der Waals surface area contributed by atoms with Gasteiger partial charge < -0.3 is 5.32 Å². The van der Waals surface area contributed by atoms with E-state index in [1.807, 2.05) is 16.9 Å². The van der Waals surface area contributed by atoms with Gasteiger partial charge in [-0.1, -0.05) is 6.92 Å². The van der Waals surface area contributed by atoms with Crippen LogP contribution < -0.4 is 5.32 Å². The SMILES string of the molecule is C#CCCn1ccc(CNCCC)n1. The lowest BCUT2D eigenvalue weighted by molar-refractivity contribution is 0.600. The Morgan fingerprint density at radius 3 is 3.21 bits per heavy atom. The molecular formula is C11H17N3. The zero-order chi connectivity index (χ0) is 10.2. The van der Waals surface area contributed by atoms with E-state index in [-0.39, 0.29) is 0 Å². The minimum absolute atomic E-state index is 0.740. The van der Waals surface area contributed by atoms with Gasteiger partial charge >= 0.3 is 0 Å². The summed E-state index contributed by atoms with van der Waals surface area (Å²) in [6.45, 7) is 4.84. The summed E-state index contributed by atoms with van der Waals surface area (Å²) in [6.07, 6.45) is 9.04. The molecule has 0 atom stereocenters. The molecule has 0 saturated carbocycles. The maximum atomic E-state index is 5.18. The van der Waals surface area contributed by atoms with Crippen molar-refractivity contribution in [2.45, 2.75) is 32.9 Å². The summed E-state index contributed by atoms with van der Waals surface area (Å²) in [4.78, 5) is 0. The summed E-state index contributed by atoms with van der Waals surface area (Å²) in [6, 6.07) is 2.03. The van der Waals surface area contributed by atoms with E-state index in [0.717, 1.165) is 38.2 Å². The molecule has 76 valence electrons. The molecule has 0 radical (unpaired) electrons. The predicted octanol–water partition coefficient (Wildman–Crippen LogP) is 1.41. The second kappa shape index (κ2) is 6.22. The van der Waals surface area contributed by atoms with Crippen LogP contribution in [0, 0.1) is 12.3 Å². The molecule has 0 aromatic carbocycles. The molecule has 0 unspecified atom stereocenters. The Bertz CT molecular complexity index is 296. The highest BCUT2D eigenvalue weighted by atomic mass is 15.3. The fraction of sp³-hybridized carbons (Fsp3) is 0.545. The van der Waals surface area contributed by atoms with Crippen molar-refractivity contribution in [1.82, 2.24) is 15.1 Å². The Hall–Kier alpha value is -1.27. The number of aryl methyl sites for hydroxylation is 1. The van der Waals surface area contributed by atoms with E-state index in [2.05, 4.69) is 23.3 Å². The molecule has 1 aromatic heterocycles. The average molecular weight is 191 g/mol. The molecule has 1 aromatic rings. The number of aromatic nitrogens is 2. The fourth-order valence-corrected chi connectivity index (χ4v) is 1.19. The Kier molecular flexibility index (Phi) is 4.81. The first-order chi connectivity index (χ1) is 6.86. The number of rotatable bonds is 6. The maximum Gasteiger partial charge on any atom is 0.0762 e. The number of nitrogens with one attached hydrogen (secondary N) is 1. The van der Waals surface area contributed by atoms with Gasteiger partial charge in [0.1, 0.15) is 0 Å². The van der Waals surface area contributed by atoms with Crippen molar-refractivity contribution in [1.29, 1.82) is 0 Å². The minimum atomic E-state index is 0.740. The van der Waals surface area contributed by atoms with Crippen LogP contribution in [-0.2, 0) is 13.1 Å². The smallest absolute Gasteiger partial charge is 0.0762 e. The molecule has 0 amide bonds. The highest BCUT2D eigenvalue weighted by Gasteiger charge is 1.96. The van der Waals surface area contributed by atoms with E-state index < -0.39 is 0 Å². The van der Waals surface area contributed by atoms with Crippen LogP contribution in [-0.4, -0.2) is 16.3 Å². The predicted molar refractivity (Wildman–Crippen MR) is 57.7 cm³/mol. The van der Waals surface area contributed by atoms with E-state index in [1.165, 1.54) is 0 Å². The molecule has 1 heterocycles. The van der Waals surface area contributed by atoms with E-state index in [4.69, 9.17) is 6.42 Å². The van der Waals surface area contributed by atoms with Crippen molar-refractivity contribution < 1.29 is 0 Å². The average Bonchev–Trinajstić information content (AvgIpc) is 2.63. The van der Waals surface area contributed by atoms with Gasteiger partial charge in [0.2, 0.25) is 0 Å². The van der Waals surface area contributed by atoms with E-state index in [1.54, 1.807) is 0 Å². The molecule has 0 aliphatic carbocycles. The molecule has 1 N–H and O–H groups in total. The summed E-state index contributed by atoms with van der Waals surface area (Å²) in [5.74, 6) is 2.60. The quantitative estimate of drug-likeness (QED) is 0.544. The van der Waals surface area contributed by atoms with Crippen LogP contribution in [0.15, 0.2) is 12.3 Å². The zero-order valence-electron chi connectivity index (χ0n) is 8.66. The first-order valence-corrected chi connectivity index (χ1v) is 5.03. The van der Waals surface area contributed by atoms with Gasteiger partial charge in [0.15, 0.2) is 0 Å². The zero-order valence-corrected chi connectivity index (χ0v) is 8.66. The molecule has 0 saturated heterocycles. The van der Waals surface area contributed by atoms with Crippen LogP contribution >= 0.6 is 0 Å². The molecule has 0 fully saturated rings. The largest absolute Gasteiger partial charge is 0.311 e. The molecule has 3 heteroatoms. The molecule has 14 heavy (non-hydrogen) atoms. The van der Waals surface area contributed by atoms with Gasteiger partial charge in [-0.05, 0) is 19.0 Å². The van der Waals surface area contributed by atoms with Crippen molar-refractivity contribution >= 4 is 0 Å². The van der Waals surface area contributed by atoms with Crippen LogP contribution in [0.3, 0.4) is 0 Å². The van der Waals surface area contributed by atoms with Gasteiger partial charge in [0, 0.05) is 19.2 Å². The van der Waals surface area contributed by atoms with Gasteiger partial charge in [0.25, 0.3) is 0 Å². The number of terminal acetylenes is 1. The van der Waals surface area contributed by atoms with Crippen LogP contribution in [0.2, 0.25) is 0 Å². The lowest BCUT2D eigenvalue weighted by Crippen LogP contribution is -2.14. The second-order valence-electron chi connectivity index (χ2n) is 3.20. The number of hydrogen-bond donors (Lipinski definition) is 1. The monoisotopic (exact) mass is 191 g/mol. The normalized spacial score (nSPS) is 10.0. The molecule has 3 nitrogen and oxygen atoms in total. The second-order valence-corrected chi connectivity index (χ2v) is 3.20. The summed E-state index contributed by atoms with van der Waals surface area (Å²) in [5, 5.41) is 7.68. The van der Waals surface area contributed by atoms with Gasteiger partial charge in [0.05, 0.1) is 12.2 Å². The number of nitrogens with zero attached hydrogens (tertiary/aromatic N) is 2. The van der Waals surface area contributed by atoms with Crippen LogP contribution in [0.25, 0.3) is 0 Å². The van der Waals surface area contributed by atoms with E-state index in [0.29, 0.717) is 0 Å². The lowest BCUT2D eigenvalue weighted by atomic mass is 10.4. The van der Waals surface area contributed by atoms with Crippen molar-refractivity contribution in [2.24, 2.45) is 0 Å². The molecule has 1 rings (SSSR count). The lowest BCUT2D eigenvalue weighted by Gasteiger charge is -1.99. The summed E-state index contributed by atoms with van der Waals surface area (Å²) in [5.41, 5.74) is 1.08. The Balaban J connectivity index is 2.32. The van der Waals surface area contributed by atoms with Crippen molar-refractivity contribution in [2.75, 3.05) is 6.54 Å². The highest BCUT2D eigenvalue weighted by molar-refractivity contribution is 4.98. The number of hydrogen-bond acceptors (Lipinski definition) is 2. The third-order valence-corrected chi connectivity index (χ3v) is 1.91. The molecule has 0 spiro atoms. The van der Waals surface area contributed by atoms with Gasteiger partial charge in [-0.2, -0.15) is 5.10 Å². The molecule has 0 aliphatic rings. The molecule has 0 bridgehead atoms. The first-order valence-electron chi connectivity index (χ1n) is 5.03. The molecule has 0 aliphatic heterocycles.